The molecule has 0 spiro atoms. The van der Waals surface area contributed by atoms with E-state index in [1.54, 1.807) is 31.3 Å². The van der Waals surface area contributed by atoms with E-state index >= 15 is 0 Å². The minimum Gasteiger partial charge on any atom is -0.337 e. The van der Waals surface area contributed by atoms with Gasteiger partial charge in [-0.2, -0.15) is 4.98 Å². The molecule has 0 aliphatic carbocycles. The van der Waals surface area contributed by atoms with Crippen LogP contribution in [0, 0.1) is 6.92 Å². The van der Waals surface area contributed by atoms with Crippen molar-refractivity contribution in [3.8, 4) is 11.4 Å². The average molecular weight is 443 g/mol. The molecule has 1 heterocycles. The first-order valence-electron chi connectivity index (χ1n) is 9.90. The highest BCUT2D eigenvalue weighted by Crippen LogP contribution is 2.19. The van der Waals surface area contributed by atoms with Crippen molar-refractivity contribution >= 4 is 21.6 Å². The Hall–Kier alpha value is -3.20. The van der Waals surface area contributed by atoms with Crippen molar-refractivity contribution in [1.82, 2.24) is 15.0 Å². The van der Waals surface area contributed by atoms with Gasteiger partial charge in [0, 0.05) is 25.6 Å². The predicted octanol–water partition coefficient (Wildman–Crippen LogP) is 3.25. The van der Waals surface area contributed by atoms with Crippen LogP contribution in [0.2, 0.25) is 0 Å². The highest BCUT2D eigenvalue weighted by molar-refractivity contribution is 7.92. The molecule has 3 aromatic rings. The summed E-state index contributed by atoms with van der Waals surface area (Å²) in [5, 5.41) is 3.99. The molecular weight excluding hydrogens is 416 g/mol. The molecule has 0 bridgehead atoms. The van der Waals surface area contributed by atoms with Gasteiger partial charge in [0.25, 0.3) is 0 Å². The molecule has 1 amide bonds. The van der Waals surface area contributed by atoms with E-state index in [0.717, 1.165) is 17.4 Å². The number of hydrogen-bond donors (Lipinski definition) is 0. The molecule has 164 valence electrons. The lowest BCUT2D eigenvalue weighted by Crippen LogP contribution is -2.32. The molecule has 0 fully saturated rings. The molecule has 9 heteroatoms. The number of carbonyl (C=O) groups is 1. The van der Waals surface area contributed by atoms with Gasteiger partial charge in [-0.3, -0.25) is 9.10 Å². The van der Waals surface area contributed by atoms with Gasteiger partial charge in [0.15, 0.2) is 0 Å². The molecule has 0 aliphatic rings. The van der Waals surface area contributed by atoms with E-state index in [1.807, 2.05) is 37.3 Å². The van der Waals surface area contributed by atoms with E-state index in [1.165, 1.54) is 9.21 Å². The zero-order chi connectivity index (χ0) is 22.4. The molecular formula is C22H26N4O4S. The van der Waals surface area contributed by atoms with Gasteiger partial charge < -0.3 is 9.42 Å². The maximum atomic E-state index is 12.5. The lowest BCUT2D eigenvalue weighted by molar-refractivity contribution is -0.130. The second kappa shape index (κ2) is 9.74. The standard InChI is InChI=1S/C22H26N4O4S/c1-17-9-7-10-18(15-17)22-23-20(30-24-22)16-25(2)21(27)13-8-14-26(31(3,28)29)19-11-5-4-6-12-19/h4-7,9-12,15H,8,13-14,16H2,1-3H3. The van der Waals surface area contributed by atoms with Crippen molar-refractivity contribution in [1.29, 1.82) is 0 Å². The van der Waals surface area contributed by atoms with Crippen LogP contribution < -0.4 is 4.31 Å². The van der Waals surface area contributed by atoms with Gasteiger partial charge >= 0.3 is 0 Å². The lowest BCUT2D eigenvalue weighted by atomic mass is 10.1. The smallest absolute Gasteiger partial charge is 0.246 e. The average Bonchev–Trinajstić information content (AvgIpc) is 3.19. The van der Waals surface area contributed by atoms with Crippen molar-refractivity contribution in [3.63, 3.8) is 0 Å². The number of hydrogen-bond acceptors (Lipinski definition) is 6. The summed E-state index contributed by atoms with van der Waals surface area (Å²) in [7, 11) is -1.78. The van der Waals surface area contributed by atoms with Crippen LogP contribution in [0.1, 0.15) is 24.3 Å². The van der Waals surface area contributed by atoms with E-state index in [0.29, 0.717) is 23.8 Å². The zero-order valence-corrected chi connectivity index (χ0v) is 18.7. The summed E-state index contributed by atoms with van der Waals surface area (Å²) in [6.07, 6.45) is 1.76. The number of aryl methyl sites for hydroxylation is 1. The van der Waals surface area contributed by atoms with E-state index in [9.17, 15) is 13.2 Å². The van der Waals surface area contributed by atoms with E-state index in [4.69, 9.17) is 4.52 Å². The Morgan fingerprint density at radius 1 is 1.10 bits per heavy atom. The monoisotopic (exact) mass is 442 g/mol. The maximum absolute atomic E-state index is 12.5. The topological polar surface area (TPSA) is 96.6 Å². The van der Waals surface area contributed by atoms with Gasteiger partial charge in [-0.1, -0.05) is 47.1 Å². The number of anilines is 1. The highest BCUT2D eigenvalue weighted by atomic mass is 32.2. The number of sulfonamides is 1. The Kier molecular flexibility index (Phi) is 7.06. The normalized spacial score (nSPS) is 11.3. The summed E-state index contributed by atoms with van der Waals surface area (Å²) >= 11 is 0. The number of nitrogens with zero attached hydrogens (tertiary/aromatic N) is 4. The molecule has 0 aliphatic heterocycles. The quantitative estimate of drug-likeness (QED) is 0.505. The Morgan fingerprint density at radius 2 is 1.84 bits per heavy atom. The van der Waals surface area contributed by atoms with Crippen molar-refractivity contribution in [3.05, 3.63) is 66.1 Å². The summed E-state index contributed by atoms with van der Waals surface area (Å²) in [5.41, 5.74) is 2.53. The first-order valence-corrected chi connectivity index (χ1v) is 11.8. The van der Waals surface area contributed by atoms with Crippen molar-refractivity contribution in [2.75, 3.05) is 24.2 Å². The fraction of sp³-hybridized carbons (Fsp3) is 0.318. The van der Waals surface area contributed by atoms with Crippen LogP contribution in [-0.4, -0.2) is 49.2 Å². The third-order valence-electron chi connectivity index (χ3n) is 4.74. The van der Waals surface area contributed by atoms with Crippen LogP contribution in [0.15, 0.2) is 59.1 Å². The van der Waals surface area contributed by atoms with Crippen LogP contribution in [-0.2, 0) is 21.4 Å². The first kappa shape index (κ1) is 22.5. The SMILES string of the molecule is Cc1cccc(-c2noc(CN(C)C(=O)CCCN(c3ccccc3)S(C)(=O)=O)n2)c1. The van der Waals surface area contributed by atoms with Gasteiger partial charge in [0.2, 0.25) is 27.6 Å². The Bertz CT molecular complexity index is 1130. The van der Waals surface area contributed by atoms with Gasteiger partial charge in [0.05, 0.1) is 18.5 Å². The maximum Gasteiger partial charge on any atom is 0.246 e. The summed E-state index contributed by atoms with van der Waals surface area (Å²) < 4.78 is 30.8. The Morgan fingerprint density at radius 3 is 2.52 bits per heavy atom. The molecule has 0 atom stereocenters. The van der Waals surface area contributed by atoms with Crippen molar-refractivity contribution < 1.29 is 17.7 Å². The number of benzene rings is 2. The second-order valence-corrected chi connectivity index (χ2v) is 9.31. The number of rotatable bonds is 9. The number of para-hydroxylation sites is 1. The molecule has 1 aromatic heterocycles. The fourth-order valence-electron chi connectivity index (χ4n) is 3.16. The molecule has 0 unspecified atom stereocenters. The minimum absolute atomic E-state index is 0.128. The van der Waals surface area contributed by atoms with Crippen molar-refractivity contribution in [2.24, 2.45) is 0 Å². The fourth-order valence-corrected chi connectivity index (χ4v) is 4.12. The lowest BCUT2D eigenvalue weighted by Gasteiger charge is -2.22. The largest absolute Gasteiger partial charge is 0.337 e. The van der Waals surface area contributed by atoms with Gasteiger partial charge in [0.1, 0.15) is 0 Å². The van der Waals surface area contributed by atoms with Crippen LogP contribution in [0.5, 0.6) is 0 Å². The second-order valence-electron chi connectivity index (χ2n) is 7.41. The highest BCUT2D eigenvalue weighted by Gasteiger charge is 2.19. The third-order valence-corrected chi connectivity index (χ3v) is 5.93. The number of aromatic nitrogens is 2. The Labute approximate surface area is 182 Å². The molecule has 0 saturated heterocycles. The molecule has 31 heavy (non-hydrogen) atoms. The number of amides is 1. The summed E-state index contributed by atoms with van der Waals surface area (Å²) in [5.74, 6) is 0.692. The molecule has 0 N–H and O–H groups in total. The molecule has 0 radical (unpaired) electrons. The van der Waals surface area contributed by atoms with Crippen LogP contribution in [0.4, 0.5) is 5.69 Å². The van der Waals surface area contributed by atoms with Gasteiger partial charge in [-0.05, 0) is 31.5 Å². The van der Waals surface area contributed by atoms with Gasteiger partial charge in [-0.25, -0.2) is 8.42 Å². The third kappa shape index (κ3) is 6.14. The minimum atomic E-state index is -3.44. The summed E-state index contributed by atoms with van der Waals surface area (Å²) in [6, 6.07) is 16.6. The molecule has 2 aromatic carbocycles. The summed E-state index contributed by atoms with van der Waals surface area (Å²) in [6.45, 7) is 2.40. The van der Waals surface area contributed by atoms with Crippen LogP contribution in [0.25, 0.3) is 11.4 Å². The first-order chi connectivity index (χ1) is 14.7. The number of carbonyl (C=O) groups excluding carboxylic acids is 1. The van der Waals surface area contributed by atoms with Crippen LogP contribution in [0.3, 0.4) is 0 Å². The molecule has 3 rings (SSSR count). The Balaban J connectivity index is 1.55. The zero-order valence-electron chi connectivity index (χ0n) is 17.9. The van der Waals surface area contributed by atoms with E-state index < -0.39 is 10.0 Å². The van der Waals surface area contributed by atoms with Crippen molar-refractivity contribution in [2.45, 2.75) is 26.3 Å². The van der Waals surface area contributed by atoms with E-state index in [2.05, 4.69) is 10.1 Å². The predicted molar refractivity (Wildman–Crippen MR) is 119 cm³/mol. The summed E-state index contributed by atoms with van der Waals surface area (Å²) in [4.78, 5) is 18.4. The van der Waals surface area contributed by atoms with Crippen LogP contribution >= 0.6 is 0 Å². The molecule has 8 nitrogen and oxygen atoms in total. The van der Waals surface area contributed by atoms with E-state index in [-0.39, 0.29) is 25.4 Å². The molecule has 0 saturated carbocycles. The van der Waals surface area contributed by atoms with Gasteiger partial charge in [-0.15, -0.1) is 0 Å².